The second-order valence-corrected chi connectivity index (χ2v) is 9.84. The van der Waals surface area contributed by atoms with Gasteiger partial charge in [-0.2, -0.15) is 4.31 Å². The van der Waals surface area contributed by atoms with Crippen molar-refractivity contribution in [2.24, 2.45) is 5.41 Å². The van der Waals surface area contributed by atoms with E-state index in [0.29, 0.717) is 18.0 Å². The molecule has 0 atom stereocenters. The molecule has 1 saturated heterocycles. The second kappa shape index (κ2) is 7.22. The summed E-state index contributed by atoms with van der Waals surface area (Å²) in [6.45, 7) is 3.20. The topological polar surface area (TPSA) is 75.7 Å². The SMILES string of the molecule is Cc1ccc(S(=O)(=O)N2CC3(CC(NC(=O)OCc4ccccc4)C3)C2)cc1. The maximum atomic E-state index is 12.7. The molecule has 0 aromatic heterocycles. The molecule has 2 fully saturated rings. The summed E-state index contributed by atoms with van der Waals surface area (Å²) in [5.41, 5.74) is 1.97. The van der Waals surface area contributed by atoms with E-state index in [1.54, 1.807) is 12.1 Å². The molecule has 28 heavy (non-hydrogen) atoms. The lowest BCUT2D eigenvalue weighted by atomic mass is 9.61. The summed E-state index contributed by atoms with van der Waals surface area (Å²) in [5.74, 6) is 0. The number of ether oxygens (including phenoxy) is 1. The molecule has 1 aliphatic heterocycles. The first-order chi connectivity index (χ1) is 13.4. The molecule has 0 radical (unpaired) electrons. The van der Waals surface area contributed by atoms with Gasteiger partial charge >= 0.3 is 6.09 Å². The monoisotopic (exact) mass is 400 g/mol. The molecule has 1 N–H and O–H groups in total. The average Bonchev–Trinajstić information content (AvgIpc) is 2.62. The maximum Gasteiger partial charge on any atom is 0.407 e. The molecule has 0 bridgehead atoms. The average molecular weight is 401 g/mol. The number of nitrogens with zero attached hydrogens (tertiary/aromatic N) is 1. The molecule has 2 aromatic rings. The van der Waals surface area contributed by atoms with Crippen LogP contribution in [-0.4, -0.2) is 37.9 Å². The summed E-state index contributed by atoms with van der Waals surface area (Å²) in [7, 11) is -3.42. The lowest BCUT2D eigenvalue weighted by molar-refractivity contribution is -0.0333. The summed E-state index contributed by atoms with van der Waals surface area (Å²) in [6.07, 6.45) is 1.15. The van der Waals surface area contributed by atoms with Crippen LogP contribution in [0.15, 0.2) is 59.5 Å². The van der Waals surface area contributed by atoms with Crippen LogP contribution in [-0.2, 0) is 21.4 Å². The highest BCUT2D eigenvalue weighted by atomic mass is 32.2. The summed E-state index contributed by atoms with van der Waals surface area (Å²) >= 11 is 0. The Hall–Kier alpha value is -2.38. The number of sulfonamides is 1. The second-order valence-electron chi connectivity index (χ2n) is 7.90. The third-order valence-corrected chi connectivity index (χ3v) is 7.38. The highest BCUT2D eigenvalue weighted by Crippen LogP contribution is 2.49. The Balaban J connectivity index is 1.23. The molecule has 2 aliphatic rings. The number of alkyl carbamates (subject to hydrolysis) is 1. The van der Waals surface area contributed by atoms with Crippen molar-refractivity contribution in [3.05, 3.63) is 65.7 Å². The normalized spacial score (nSPS) is 18.9. The van der Waals surface area contributed by atoms with Crippen LogP contribution in [0.2, 0.25) is 0 Å². The van der Waals surface area contributed by atoms with Crippen LogP contribution >= 0.6 is 0 Å². The zero-order chi connectivity index (χ0) is 19.8. The van der Waals surface area contributed by atoms with Crippen molar-refractivity contribution >= 4 is 16.1 Å². The fourth-order valence-electron chi connectivity index (χ4n) is 4.01. The van der Waals surface area contributed by atoms with Crippen LogP contribution in [0.25, 0.3) is 0 Å². The van der Waals surface area contributed by atoms with E-state index >= 15 is 0 Å². The molecular formula is C21H24N2O4S. The zero-order valence-corrected chi connectivity index (χ0v) is 16.6. The quantitative estimate of drug-likeness (QED) is 0.837. The Morgan fingerprint density at radius 3 is 2.39 bits per heavy atom. The molecule has 1 saturated carbocycles. The van der Waals surface area contributed by atoms with Gasteiger partial charge in [0.25, 0.3) is 0 Å². The molecule has 6 nitrogen and oxygen atoms in total. The molecule has 1 aliphatic carbocycles. The number of hydrogen-bond acceptors (Lipinski definition) is 4. The first kappa shape index (κ1) is 19.0. The van der Waals surface area contributed by atoms with Crippen molar-refractivity contribution in [2.75, 3.05) is 13.1 Å². The summed E-state index contributed by atoms with van der Waals surface area (Å²) in [6, 6.07) is 16.5. The fourth-order valence-corrected chi connectivity index (χ4v) is 5.67. The predicted octanol–water partition coefficient (Wildman–Crippen LogP) is 3.07. The van der Waals surface area contributed by atoms with Gasteiger partial charge in [0.1, 0.15) is 6.61 Å². The van der Waals surface area contributed by atoms with Gasteiger partial charge in [0, 0.05) is 24.5 Å². The maximum absolute atomic E-state index is 12.7. The van der Waals surface area contributed by atoms with Gasteiger partial charge in [0.2, 0.25) is 10.0 Å². The van der Waals surface area contributed by atoms with Crippen LogP contribution in [0, 0.1) is 12.3 Å². The van der Waals surface area contributed by atoms with E-state index in [-0.39, 0.29) is 18.1 Å². The summed E-state index contributed by atoms with van der Waals surface area (Å²) in [5, 5.41) is 2.87. The Morgan fingerprint density at radius 1 is 1.11 bits per heavy atom. The van der Waals surface area contributed by atoms with Crippen LogP contribution in [0.3, 0.4) is 0 Å². The predicted molar refractivity (Wildman–Crippen MR) is 105 cm³/mol. The van der Waals surface area contributed by atoms with E-state index in [1.807, 2.05) is 49.4 Å². The van der Waals surface area contributed by atoms with Gasteiger partial charge < -0.3 is 10.1 Å². The van der Waals surface area contributed by atoms with Crippen molar-refractivity contribution < 1.29 is 17.9 Å². The first-order valence-electron chi connectivity index (χ1n) is 9.40. The summed E-state index contributed by atoms with van der Waals surface area (Å²) in [4.78, 5) is 12.3. The molecule has 4 rings (SSSR count). The highest BCUT2D eigenvalue weighted by Gasteiger charge is 2.56. The zero-order valence-electron chi connectivity index (χ0n) is 15.8. The van der Waals surface area contributed by atoms with E-state index < -0.39 is 16.1 Å². The van der Waals surface area contributed by atoms with Gasteiger partial charge in [0.15, 0.2) is 0 Å². The van der Waals surface area contributed by atoms with Gasteiger partial charge in [-0.15, -0.1) is 0 Å². The molecule has 1 spiro atoms. The standard InChI is InChI=1S/C21H24N2O4S/c1-16-7-9-19(10-8-16)28(25,26)23-14-21(15-23)11-18(12-21)22-20(24)27-13-17-5-3-2-4-6-17/h2-10,18H,11-15H2,1H3,(H,22,24). The minimum atomic E-state index is -3.42. The molecular weight excluding hydrogens is 376 g/mol. The number of hydrogen-bond donors (Lipinski definition) is 1. The number of carbonyl (C=O) groups is 1. The van der Waals surface area contributed by atoms with Crippen molar-refractivity contribution in [1.82, 2.24) is 9.62 Å². The van der Waals surface area contributed by atoms with Crippen molar-refractivity contribution in [3.8, 4) is 0 Å². The molecule has 1 heterocycles. The minimum Gasteiger partial charge on any atom is -0.445 e. The lowest BCUT2D eigenvalue weighted by Crippen LogP contribution is -2.67. The highest BCUT2D eigenvalue weighted by molar-refractivity contribution is 7.89. The summed E-state index contributed by atoms with van der Waals surface area (Å²) < 4.78 is 32.1. The Bertz CT molecular complexity index is 944. The molecule has 7 heteroatoms. The smallest absolute Gasteiger partial charge is 0.407 e. The minimum absolute atomic E-state index is 0.00482. The number of benzene rings is 2. The lowest BCUT2D eigenvalue weighted by Gasteiger charge is -2.58. The van der Waals surface area contributed by atoms with Gasteiger partial charge in [0.05, 0.1) is 4.90 Å². The molecule has 2 aromatic carbocycles. The molecule has 1 amide bonds. The van der Waals surface area contributed by atoms with Gasteiger partial charge in [-0.05, 0) is 37.5 Å². The third-order valence-electron chi connectivity index (χ3n) is 5.58. The molecule has 0 unspecified atom stereocenters. The van der Waals surface area contributed by atoms with Gasteiger partial charge in [-0.3, -0.25) is 0 Å². The number of amides is 1. The third kappa shape index (κ3) is 3.77. The van der Waals surface area contributed by atoms with E-state index in [2.05, 4.69) is 5.32 Å². The molecule has 148 valence electrons. The number of aryl methyl sites for hydroxylation is 1. The van der Waals surface area contributed by atoms with Crippen LogP contribution < -0.4 is 5.32 Å². The largest absolute Gasteiger partial charge is 0.445 e. The number of nitrogens with one attached hydrogen (secondary N) is 1. The van der Waals surface area contributed by atoms with Crippen LogP contribution in [0.4, 0.5) is 4.79 Å². The Kier molecular flexibility index (Phi) is 4.89. The first-order valence-corrected chi connectivity index (χ1v) is 10.8. The van der Waals surface area contributed by atoms with Crippen molar-refractivity contribution in [1.29, 1.82) is 0 Å². The number of carbonyl (C=O) groups excluding carboxylic acids is 1. The number of rotatable bonds is 5. The Morgan fingerprint density at radius 2 is 1.75 bits per heavy atom. The van der Waals surface area contributed by atoms with E-state index in [9.17, 15) is 13.2 Å². The van der Waals surface area contributed by atoms with Gasteiger partial charge in [-0.1, -0.05) is 48.0 Å². The van der Waals surface area contributed by atoms with Crippen molar-refractivity contribution in [3.63, 3.8) is 0 Å². The van der Waals surface area contributed by atoms with E-state index in [0.717, 1.165) is 24.0 Å². The van der Waals surface area contributed by atoms with E-state index in [4.69, 9.17) is 4.74 Å². The van der Waals surface area contributed by atoms with Crippen molar-refractivity contribution in [2.45, 2.75) is 37.3 Å². The van der Waals surface area contributed by atoms with Gasteiger partial charge in [-0.25, -0.2) is 13.2 Å². The van der Waals surface area contributed by atoms with Crippen LogP contribution in [0.5, 0.6) is 0 Å². The Labute approximate surface area is 165 Å². The van der Waals surface area contributed by atoms with E-state index in [1.165, 1.54) is 4.31 Å². The fraction of sp³-hybridized carbons (Fsp3) is 0.381. The van der Waals surface area contributed by atoms with Crippen LogP contribution in [0.1, 0.15) is 24.0 Å².